The van der Waals surface area contributed by atoms with Gasteiger partial charge in [-0.05, 0) is 62.3 Å². The van der Waals surface area contributed by atoms with Crippen LogP contribution in [0.4, 0.5) is 0 Å². The standard InChI is InChI=1S/C20H30O7/c1-25-19(23)17-6-8-18(9-7-17)20(24)27-15-14-26-13-3-5-16(10-12-22)4-2-11-21/h6-9,16,21-22H,2-5,10-15H2,1H3. The lowest BCUT2D eigenvalue weighted by Crippen LogP contribution is -2.12. The first-order chi connectivity index (χ1) is 13.1. The zero-order chi connectivity index (χ0) is 19.9. The molecule has 152 valence electrons. The summed E-state index contributed by atoms with van der Waals surface area (Å²) in [5.41, 5.74) is 0.731. The highest BCUT2D eigenvalue weighted by atomic mass is 16.6. The van der Waals surface area contributed by atoms with Gasteiger partial charge in [0.05, 0.1) is 24.8 Å². The molecule has 0 heterocycles. The first-order valence-corrected chi connectivity index (χ1v) is 9.27. The van der Waals surface area contributed by atoms with E-state index in [1.807, 2.05) is 0 Å². The first-order valence-electron chi connectivity index (χ1n) is 9.27. The van der Waals surface area contributed by atoms with Crippen molar-refractivity contribution < 1.29 is 34.0 Å². The third kappa shape index (κ3) is 9.51. The van der Waals surface area contributed by atoms with E-state index < -0.39 is 11.9 Å². The van der Waals surface area contributed by atoms with Gasteiger partial charge >= 0.3 is 11.9 Å². The smallest absolute Gasteiger partial charge is 0.338 e. The number of ether oxygens (including phenoxy) is 3. The van der Waals surface area contributed by atoms with Crippen molar-refractivity contribution in [2.45, 2.75) is 32.1 Å². The number of hydrogen-bond acceptors (Lipinski definition) is 7. The predicted molar refractivity (Wildman–Crippen MR) is 99.6 cm³/mol. The molecule has 0 saturated carbocycles. The number of esters is 2. The minimum Gasteiger partial charge on any atom is -0.465 e. The molecule has 0 saturated heterocycles. The van der Waals surface area contributed by atoms with Crippen molar-refractivity contribution >= 4 is 11.9 Å². The molecule has 0 aromatic heterocycles. The number of carbonyl (C=O) groups excluding carboxylic acids is 2. The van der Waals surface area contributed by atoms with Gasteiger partial charge in [0.2, 0.25) is 0 Å². The topological polar surface area (TPSA) is 102 Å². The molecule has 1 aromatic carbocycles. The molecule has 0 aliphatic carbocycles. The highest BCUT2D eigenvalue weighted by Gasteiger charge is 2.10. The van der Waals surface area contributed by atoms with Crippen molar-refractivity contribution in [1.82, 2.24) is 0 Å². The molecule has 1 aromatic rings. The van der Waals surface area contributed by atoms with Gasteiger partial charge in [-0.3, -0.25) is 0 Å². The Balaban J connectivity index is 2.16. The lowest BCUT2D eigenvalue weighted by Gasteiger charge is -2.15. The zero-order valence-electron chi connectivity index (χ0n) is 15.9. The predicted octanol–water partition coefficient (Wildman–Crippen LogP) is 2.20. The lowest BCUT2D eigenvalue weighted by atomic mass is 9.95. The molecular weight excluding hydrogens is 352 g/mol. The van der Waals surface area contributed by atoms with E-state index >= 15 is 0 Å². The number of aliphatic hydroxyl groups excluding tert-OH is 2. The van der Waals surface area contributed by atoms with Crippen LogP contribution in [0.15, 0.2) is 24.3 Å². The van der Waals surface area contributed by atoms with E-state index in [4.69, 9.17) is 19.7 Å². The maximum atomic E-state index is 11.9. The fraction of sp³-hybridized carbons (Fsp3) is 0.600. The van der Waals surface area contributed by atoms with Gasteiger partial charge in [0.15, 0.2) is 0 Å². The molecule has 0 aliphatic rings. The molecule has 0 bridgehead atoms. The van der Waals surface area contributed by atoms with Crippen molar-refractivity contribution in [3.63, 3.8) is 0 Å². The Hall–Kier alpha value is -1.96. The molecule has 7 nitrogen and oxygen atoms in total. The minimum atomic E-state index is -0.470. The lowest BCUT2D eigenvalue weighted by molar-refractivity contribution is 0.0307. The van der Waals surface area contributed by atoms with Crippen LogP contribution in [-0.2, 0) is 14.2 Å². The van der Waals surface area contributed by atoms with E-state index in [0.29, 0.717) is 30.3 Å². The average Bonchev–Trinajstić information content (AvgIpc) is 2.70. The fourth-order valence-electron chi connectivity index (χ4n) is 2.71. The Kier molecular flexibility index (Phi) is 12.1. The van der Waals surface area contributed by atoms with E-state index in [9.17, 15) is 9.59 Å². The van der Waals surface area contributed by atoms with Crippen LogP contribution in [0, 0.1) is 5.92 Å². The number of aliphatic hydroxyl groups is 2. The van der Waals surface area contributed by atoms with Gasteiger partial charge in [-0.15, -0.1) is 0 Å². The van der Waals surface area contributed by atoms with E-state index in [0.717, 1.165) is 32.1 Å². The van der Waals surface area contributed by atoms with E-state index in [-0.39, 0.29) is 19.8 Å². The molecule has 2 N–H and O–H groups in total. The SMILES string of the molecule is COC(=O)c1ccc(C(=O)OCCOCCCC(CCO)CCCO)cc1. The maximum absolute atomic E-state index is 11.9. The summed E-state index contributed by atoms with van der Waals surface area (Å²) in [5.74, 6) is -0.528. The highest BCUT2D eigenvalue weighted by Crippen LogP contribution is 2.17. The van der Waals surface area contributed by atoms with Crippen molar-refractivity contribution in [3.05, 3.63) is 35.4 Å². The zero-order valence-corrected chi connectivity index (χ0v) is 15.9. The van der Waals surface area contributed by atoms with E-state index in [1.165, 1.54) is 31.4 Å². The second kappa shape index (κ2) is 14.1. The largest absolute Gasteiger partial charge is 0.465 e. The monoisotopic (exact) mass is 382 g/mol. The van der Waals surface area contributed by atoms with E-state index in [1.54, 1.807) is 0 Å². The molecule has 0 radical (unpaired) electrons. The Bertz CT molecular complexity index is 542. The first kappa shape index (κ1) is 23.1. The number of benzene rings is 1. The molecule has 0 aliphatic heterocycles. The Morgan fingerprint density at radius 2 is 1.48 bits per heavy atom. The summed E-state index contributed by atoms with van der Waals surface area (Å²) in [4.78, 5) is 23.3. The van der Waals surface area contributed by atoms with Gasteiger partial charge in [-0.1, -0.05) is 0 Å². The van der Waals surface area contributed by atoms with Gasteiger partial charge in [-0.25, -0.2) is 9.59 Å². The van der Waals surface area contributed by atoms with Crippen LogP contribution < -0.4 is 0 Å². The maximum Gasteiger partial charge on any atom is 0.338 e. The molecule has 7 heteroatoms. The van der Waals surface area contributed by atoms with Crippen LogP contribution in [0.1, 0.15) is 52.8 Å². The van der Waals surface area contributed by atoms with Crippen LogP contribution in [0.3, 0.4) is 0 Å². The van der Waals surface area contributed by atoms with Crippen LogP contribution in [0.2, 0.25) is 0 Å². The third-order valence-electron chi connectivity index (χ3n) is 4.21. The van der Waals surface area contributed by atoms with Gasteiger partial charge in [0, 0.05) is 19.8 Å². The van der Waals surface area contributed by atoms with Gasteiger partial charge in [0.25, 0.3) is 0 Å². The average molecular weight is 382 g/mol. The molecule has 1 atom stereocenters. The normalized spacial score (nSPS) is 11.8. The van der Waals surface area contributed by atoms with Crippen molar-refractivity contribution in [2.75, 3.05) is 40.1 Å². The molecule has 27 heavy (non-hydrogen) atoms. The molecule has 1 unspecified atom stereocenters. The van der Waals surface area contributed by atoms with Crippen molar-refractivity contribution in [2.24, 2.45) is 5.92 Å². The van der Waals surface area contributed by atoms with Crippen LogP contribution >= 0.6 is 0 Å². The summed E-state index contributed by atoms with van der Waals surface area (Å²) in [7, 11) is 1.30. The van der Waals surface area contributed by atoms with Crippen molar-refractivity contribution in [1.29, 1.82) is 0 Å². The summed E-state index contributed by atoms with van der Waals surface area (Å²) < 4.78 is 15.2. The summed E-state index contributed by atoms with van der Waals surface area (Å²) in [6, 6.07) is 6.06. The third-order valence-corrected chi connectivity index (χ3v) is 4.21. The molecule has 0 amide bonds. The number of methoxy groups -OCH3 is 1. The molecular formula is C20H30O7. The van der Waals surface area contributed by atoms with Gasteiger partial charge in [0.1, 0.15) is 6.61 Å². The number of carbonyl (C=O) groups is 2. The van der Waals surface area contributed by atoms with Crippen LogP contribution in [-0.4, -0.2) is 62.3 Å². The minimum absolute atomic E-state index is 0.155. The van der Waals surface area contributed by atoms with Gasteiger partial charge in [-0.2, -0.15) is 0 Å². The summed E-state index contributed by atoms with van der Waals surface area (Å²) in [6.07, 6.45) is 4.20. The van der Waals surface area contributed by atoms with Crippen molar-refractivity contribution in [3.8, 4) is 0 Å². The Morgan fingerprint density at radius 1 is 0.852 bits per heavy atom. The fourth-order valence-corrected chi connectivity index (χ4v) is 2.71. The number of rotatable bonds is 14. The molecule has 0 spiro atoms. The second-order valence-electron chi connectivity index (χ2n) is 6.20. The van der Waals surface area contributed by atoms with Crippen LogP contribution in [0.25, 0.3) is 0 Å². The quantitative estimate of drug-likeness (QED) is 0.376. The van der Waals surface area contributed by atoms with E-state index in [2.05, 4.69) is 4.74 Å². The second-order valence-corrected chi connectivity index (χ2v) is 6.20. The number of hydrogen-bond donors (Lipinski definition) is 2. The Labute approximate surface area is 160 Å². The Morgan fingerprint density at radius 3 is 2.07 bits per heavy atom. The molecule has 1 rings (SSSR count). The highest BCUT2D eigenvalue weighted by molar-refractivity contribution is 5.93. The summed E-state index contributed by atoms with van der Waals surface area (Å²) >= 11 is 0. The summed E-state index contributed by atoms with van der Waals surface area (Å²) in [6.45, 7) is 1.37. The molecule has 0 fully saturated rings. The van der Waals surface area contributed by atoms with Gasteiger partial charge < -0.3 is 24.4 Å². The van der Waals surface area contributed by atoms with Crippen LogP contribution in [0.5, 0.6) is 0 Å². The summed E-state index contributed by atoms with van der Waals surface area (Å²) in [5, 5.41) is 17.9.